The summed E-state index contributed by atoms with van der Waals surface area (Å²) in [7, 11) is 0. The van der Waals surface area contributed by atoms with Crippen molar-refractivity contribution in [1.29, 1.82) is 0 Å². The van der Waals surface area contributed by atoms with Crippen LogP contribution < -0.4 is 11.1 Å². The Morgan fingerprint density at radius 1 is 1.50 bits per heavy atom. The lowest BCUT2D eigenvalue weighted by Crippen LogP contribution is -2.46. The van der Waals surface area contributed by atoms with Gasteiger partial charge in [0, 0.05) is 12.0 Å². The molecule has 3 nitrogen and oxygen atoms in total. The molecule has 0 aliphatic heterocycles. The molecule has 0 saturated heterocycles. The Labute approximate surface area is 119 Å². The van der Waals surface area contributed by atoms with Crippen molar-refractivity contribution in [2.75, 3.05) is 6.54 Å². The van der Waals surface area contributed by atoms with E-state index in [0.717, 1.165) is 24.8 Å². The van der Waals surface area contributed by atoms with Crippen LogP contribution in [0.1, 0.15) is 38.7 Å². The van der Waals surface area contributed by atoms with Gasteiger partial charge in [-0.1, -0.05) is 32.4 Å². The van der Waals surface area contributed by atoms with Gasteiger partial charge >= 0.3 is 0 Å². The van der Waals surface area contributed by atoms with Crippen molar-refractivity contribution in [1.82, 2.24) is 5.32 Å². The summed E-state index contributed by atoms with van der Waals surface area (Å²) in [5, 5.41) is 2.93. The van der Waals surface area contributed by atoms with E-state index in [1.807, 2.05) is 19.9 Å². The lowest BCUT2D eigenvalue weighted by Gasteiger charge is -2.21. The molecule has 3 N–H and O–H groups in total. The zero-order valence-electron chi connectivity index (χ0n) is 12.2. The second kappa shape index (κ2) is 5.92. The fourth-order valence-corrected chi connectivity index (χ4v) is 2.42. The Morgan fingerprint density at radius 2 is 2.20 bits per heavy atom. The minimum atomic E-state index is -0.469. The number of carbonyl (C=O) groups excluding carboxylic acids is 1. The lowest BCUT2D eigenvalue weighted by molar-refractivity contribution is -0.123. The Bertz CT molecular complexity index is 485. The Hall–Kier alpha value is -1.42. The van der Waals surface area contributed by atoms with Gasteiger partial charge < -0.3 is 11.1 Å². The van der Waals surface area contributed by atoms with Crippen LogP contribution in [0.4, 0.5) is 4.39 Å². The maximum Gasteiger partial charge on any atom is 0.237 e. The van der Waals surface area contributed by atoms with E-state index in [1.165, 1.54) is 6.07 Å². The summed E-state index contributed by atoms with van der Waals surface area (Å²) < 4.78 is 13.3. The van der Waals surface area contributed by atoms with Gasteiger partial charge in [0.05, 0.1) is 6.04 Å². The molecule has 2 unspecified atom stereocenters. The van der Waals surface area contributed by atoms with Gasteiger partial charge in [-0.3, -0.25) is 4.79 Å². The van der Waals surface area contributed by atoms with Crippen molar-refractivity contribution in [3.63, 3.8) is 0 Å². The molecule has 1 saturated carbocycles. The van der Waals surface area contributed by atoms with Crippen molar-refractivity contribution in [3.05, 3.63) is 35.6 Å². The average molecular weight is 278 g/mol. The minimum absolute atomic E-state index is 0.0903. The van der Waals surface area contributed by atoms with Gasteiger partial charge in [0.2, 0.25) is 5.91 Å². The molecule has 2 rings (SSSR count). The van der Waals surface area contributed by atoms with Crippen molar-refractivity contribution >= 4 is 5.91 Å². The summed E-state index contributed by atoms with van der Waals surface area (Å²) in [5.74, 6) is -0.169. The maximum absolute atomic E-state index is 13.3. The second-order valence-corrected chi connectivity index (χ2v) is 5.92. The van der Waals surface area contributed by atoms with E-state index in [-0.39, 0.29) is 23.1 Å². The van der Waals surface area contributed by atoms with Crippen molar-refractivity contribution in [3.8, 4) is 0 Å². The number of rotatable bonds is 6. The Kier molecular flexibility index (Phi) is 4.43. The summed E-state index contributed by atoms with van der Waals surface area (Å²) in [6.07, 6.45) is 2.84. The second-order valence-electron chi connectivity index (χ2n) is 5.92. The molecular formula is C16H23FN2O. The molecule has 1 aliphatic rings. The summed E-state index contributed by atoms with van der Waals surface area (Å²) in [6.45, 7) is 4.54. The molecule has 20 heavy (non-hydrogen) atoms. The first-order chi connectivity index (χ1) is 9.48. The Balaban J connectivity index is 1.95. The quantitative estimate of drug-likeness (QED) is 0.839. The van der Waals surface area contributed by atoms with E-state index < -0.39 is 6.04 Å². The van der Waals surface area contributed by atoms with Crippen LogP contribution in [-0.2, 0) is 10.2 Å². The van der Waals surface area contributed by atoms with Crippen LogP contribution in [0.5, 0.6) is 0 Å². The van der Waals surface area contributed by atoms with E-state index >= 15 is 0 Å². The molecule has 0 spiro atoms. The Morgan fingerprint density at radius 3 is 2.75 bits per heavy atom. The van der Waals surface area contributed by atoms with E-state index in [9.17, 15) is 9.18 Å². The number of hydrogen-bond acceptors (Lipinski definition) is 2. The smallest absolute Gasteiger partial charge is 0.237 e. The number of halogens is 1. The van der Waals surface area contributed by atoms with Crippen LogP contribution in [0.15, 0.2) is 24.3 Å². The number of nitrogens with two attached hydrogens (primary N) is 1. The van der Waals surface area contributed by atoms with Crippen LogP contribution in [0.2, 0.25) is 0 Å². The minimum Gasteiger partial charge on any atom is -0.354 e. The van der Waals surface area contributed by atoms with Gasteiger partial charge in [-0.05, 0) is 36.5 Å². The van der Waals surface area contributed by atoms with E-state index in [0.29, 0.717) is 6.54 Å². The zero-order valence-corrected chi connectivity index (χ0v) is 12.2. The number of carbonyl (C=O) groups is 1. The molecule has 1 aromatic carbocycles. The van der Waals surface area contributed by atoms with Crippen LogP contribution >= 0.6 is 0 Å². The highest BCUT2D eigenvalue weighted by molar-refractivity contribution is 5.81. The first kappa shape index (κ1) is 15.0. The maximum atomic E-state index is 13.3. The van der Waals surface area contributed by atoms with Crippen LogP contribution in [0, 0.1) is 11.7 Å². The molecule has 1 amide bonds. The SMILES string of the molecule is CCC(C)C(N)C(=O)NCC1(c2cccc(F)c2)CC1. The largest absolute Gasteiger partial charge is 0.354 e. The van der Waals surface area contributed by atoms with Crippen LogP contribution in [0.25, 0.3) is 0 Å². The molecule has 0 bridgehead atoms. The third kappa shape index (κ3) is 3.18. The normalized spacial score (nSPS) is 19.2. The molecule has 0 radical (unpaired) electrons. The highest BCUT2D eigenvalue weighted by Crippen LogP contribution is 2.47. The fraction of sp³-hybridized carbons (Fsp3) is 0.562. The van der Waals surface area contributed by atoms with Crippen LogP contribution in [0.3, 0.4) is 0 Å². The fourth-order valence-electron chi connectivity index (χ4n) is 2.42. The summed E-state index contributed by atoms with van der Waals surface area (Å²) in [4.78, 5) is 12.0. The van der Waals surface area contributed by atoms with Gasteiger partial charge in [0.25, 0.3) is 0 Å². The molecule has 1 fully saturated rings. The third-order valence-electron chi connectivity index (χ3n) is 4.45. The van der Waals surface area contributed by atoms with Crippen molar-refractivity contribution < 1.29 is 9.18 Å². The molecule has 0 heterocycles. The summed E-state index contributed by atoms with van der Waals surface area (Å²) >= 11 is 0. The molecule has 0 aromatic heterocycles. The molecule has 2 atom stereocenters. The third-order valence-corrected chi connectivity index (χ3v) is 4.45. The zero-order chi connectivity index (χ0) is 14.8. The first-order valence-corrected chi connectivity index (χ1v) is 7.28. The van der Waals surface area contributed by atoms with Gasteiger partial charge in [0.15, 0.2) is 0 Å². The van der Waals surface area contributed by atoms with Crippen LogP contribution in [-0.4, -0.2) is 18.5 Å². The van der Waals surface area contributed by atoms with Gasteiger partial charge in [-0.25, -0.2) is 4.39 Å². The van der Waals surface area contributed by atoms with Gasteiger partial charge in [-0.2, -0.15) is 0 Å². The highest BCUT2D eigenvalue weighted by Gasteiger charge is 2.44. The van der Waals surface area contributed by atoms with E-state index in [4.69, 9.17) is 5.73 Å². The molecule has 1 aromatic rings. The number of hydrogen-bond donors (Lipinski definition) is 2. The first-order valence-electron chi connectivity index (χ1n) is 7.28. The monoisotopic (exact) mass is 278 g/mol. The summed E-state index contributed by atoms with van der Waals surface area (Å²) in [6, 6.07) is 6.18. The standard InChI is InChI=1S/C16H23FN2O/c1-3-11(2)14(18)15(20)19-10-16(7-8-16)12-5-4-6-13(17)9-12/h4-6,9,11,14H,3,7-8,10,18H2,1-2H3,(H,19,20). The van der Waals surface area contributed by atoms with Crippen molar-refractivity contribution in [2.45, 2.75) is 44.6 Å². The predicted octanol–water partition coefficient (Wildman–Crippen LogP) is 2.35. The summed E-state index contributed by atoms with van der Waals surface area (Å²) in [5.41, 5.74) is 6.79. The highest BCUT2D eigenvalue weighted by atomic mass is 19.1. The van der Waals surface area contributed by atoms with Gasteiger partial charge in [-0.15, -0.1) is 0 Å². The number of amides is 1. The van der Waals surface area contributed by atoms with Gasteiger partial charge in [0.1, 0.15) is 5.82 Å². The molecular weight excluding hydrogens is 255 g/mol. The predicted molar refractivity (Wildman–Crippen MR) is 77.8 cm³/mol. The molecule has 4 heteroatoms. The van der Waals surface area contributed by atoms with E-state index in [2.05, 4.69) is 5.32 Å². The number of benzene rings is 1. The van der Waals surface area contributed by atoms with E-state index in [1.54, 1.807) is 12.1 Å². The van der Waals surface area contributed by atoms with Crippen molar-refractivity contribution in [2.24, 2.45) is 11.7 Å². The number of nitrogens with one attached hydrogen (secondary N) is 1. The molecule has 110 valence electrons. The average Bonchev–Trinajstić information content (AvgIpc) is 3.24. The topological polar surface area (TPSA) is 55.1 Å². The lowest BCUT2D eigenvalue weighted by atomic mass is 9.95. The molecule has 1 aliphatic carbocycles.